The lowest BCUT2D eigenvalue weighted by Gasteiger charge is -2.10. The van der Waals surface area contributed by atoms with Crippen LogP contribution in [0.4, 0.5) is 0 Å². The number of hydrazone groups is 1. The van der Waals surface area contributed by atoms with Crippen LogP contribution >= 0.6 is 27.5 Å². The van der Waals surface area contributed by atoms with Gasteiger partial charge in [0.25, 0.3) is 5.91 Å². The highest BCUT2D eigenvalue weighted by Gasteiger charge is 2.11. The van der Waals surface area contributed by atoms with E-state index in [9.17, 15) is 4.79 Å². The largest absolute Gasteiger partial charge is 0.488 e. The SMILES string of the molecule is O=C(NN=Cc1cccc(Br)c1)c1ccccc1OCc1ccc(Cl)cc1. The average Bonchev–Trinajstić information content (AvgIpc) is 2.68. The Balaban J connectivity index is 1.65. The van der Waals surface area contributed by atoms with Crippen molar-refractivity contribution in [3.8, 4) is 5.75 Å². The molecule has 0 bridgehead atoms. The van der Waals surface area contributed by atoms with E-state index < -0.39 is 0 Å². The molecular formula is C21H16BrClN2O2. The first-order chi connectivity index (χ1) is 13.1. The maximum atomic E-state index is 12.4. The summed E-state index contributed by atoms with van der Waals surface area (Å²) < 4.78 is 6.75. The van der Waals surface area contributed by atoms with E-state index in [0.717, 1.165) is 15.6 Å². The average molecular weight is 444 g/mol. The molecule has 0 radical (unpaired) electrons. The van der Waals surface area contributed by atoms with Crippen LogP contribution in [0.15, 0.2) is 82.4 Å². The molecule has 3 aromatic rings. The van der Waals surface area contributed by atoms with Crippen molar-refractivity contribution in [2.24, 2.45) is 5.10 Å². The molecule has 0 fully saturated rings. The maximum Gasteiger partial charge on any atom is 0.275 e. The van der Waals surface area contributed by atoms with Crippen molar-refractivity contribution in [1.82, 2.24) is 5.43 Å². The zero-order valence-corrected chi connectivity index (χ0v) is 16.6. The number of hydrogen-bond donors (Lipinski definition) is 1. The van der Waals surface area contributed by atoms with Gasteiger partial charge in [-0.1, -0.05) is 63.9 Å². The molecule has 0 heterocycles. The maximum absolute atomic E-state index is 12.4. The third kappa shape index (κ3) is 5.67. The first-order valence-electron chi connectivity index (χ1n) is 8.17. The molecule has 0 spiro atoms. The molecule has 0 aliphatic heterocycles. The third-order valence-corrected chi connectivity index (χ3v) is 4.41. The number of nitrogens with one attached hydrogen (secondary N) is 1. The van der Waals surface area contributed by atoms with Gasteiger partial charge in [-0.05, 0) is 47.5 Å². The number of ether oxygens (including phenoxy) is 1. The monoisotopic (exact) mass is 442 g/mol. The molecule has 0 saturated heterocycles. The van der Waals surface area contributed by atoms with Gasteiger partial charge in [-0.2, -0.15) is 5.10 Å². The van der Waals surface area contributed by atoms with Gasteiger partial charge in [-0.25, -0.2) is 5.43 Å². The number of nitrogens with zero attached hydrogens (tertiary/aromatic N) is 1. The summed E-state index contributed by atoms with van der Waals surface area (Å²) in [6.45, 7) is 0.336. The number of para-hydroxylation sites is 1. The summed E-state index contributed by atoms with van der Waals surface area (Å²) in [6.07, 6.45) is 1.58. The second-order valence-electron chi connectivity index (χ2n) is 5.67. The molecule has 27 heavy (non-hydrogen) atoms. The van der Waals surface area contributed by atoms with Crippen LogP contribution in [0.1, 0.15) is 21.5 Å². The Morgan fingerprint density at radius 2 is 1.85 bits per heavy atom. The predicted octanol–water partition coefficient (Wildman–Crippen LogP) is 5.45. The van der Waals surface area contributed by atoms with Crippen molar-refractivity contribution >= 4 is 39.7 Å². The molecule has 0 aliphatic rings. The van der Waals surface area contributed by atoms with E-state index in [1.54, 1.807) is 36.5 Å². The smallest absolute Gasteiger partial charge is 0.275 e. The summed E-state index contributed by atoms with van der Waals surface area (Å²) in [6, 6.07) is 22.0. The van der Waals surface area contributed by atoms with Crippen LogP contribution in [-0.2, 0) is 6.61 Å². The molecule has 0 unspecified atom stereocenters. The van der Waals surface area contributed by atoms with Gasteiger partial charge >= 0.3 is 0 Å². The summed E-state index contributed by atoms with van der Waals surface area (Å²) in [7, 11) is 0. The lowest BCUT2D eigenvalue weighted by Crippen LogP contribution is -2.18. The van der Waals surface area contributed by atoms with Crippen LogP contribution < -0.4 is 10.2 Å². The molecule has 0 aromatic heterocycles. The van der Waals surface area contributed by atoms with Crippen LogP contribution in [0.25, 0.3) is 0 Å². The van der Waals surface area contributed by atoms with E-state index in [2.05, 4.69) is 26.5 Å². The first kappa shape index (κ1) is 19.1. The van der Waals surface area contributed by atoms with Gasteiger partial charge in [0.2, 0.25) is 0 Å². The summed E-state index contributed by atoms with van der Waals surface area (Å²) in [5, 5.41) is 4.68. The molecule has 0 aliphatic carbocycles. The standard InChI is InChI=1S/C21H16BrClN2O2/c22-17-5-3-4-16(12-17)13-24-25-21(26)19-6-1-2-7-20(19)27-14-15-8-10-18(23)11-9-15/h1-13H,14H2,(H,25,26). The lowest BCUT2D eigenvalue weighted by molar-refractivity contribution is 0.0950. The van der Waals surface area contributed by atoms with Gasteiger partial charge < -0.3 is 4.74 Å². The highest BCUT2D eigenvalue weighted by Crippen LogP contribution is 2.20. The Morgan fingerprint density at radius 3 is 2.63 bits per heavy atom. The third-order valence-electron chi connectivity index (χ3n) is 3.67. The highest BCUT2D eigenvalue weighted by atomic mass is 79.9. The molecule has 136 valence electrons. The van der Waals surface area contributed by atoms with Gasteiger partial charge in [-0.3, -0.25) is 4.79 Å². The first-order valence-corrected chi connectivity index (χ1v) is 9.34. The van der Waals surface area contributed by atoms with Crippen LogP contribution in [0, 0.1) is 0 Å². The van der Waals surface area contributed by atoms with Crippen LogP contribution in [-0.4, -0.2) is 12.1 Å². The zero-order valence-electron chi connectivity index (χ0n) is 14.2. The van der Waals surface area contributed by atoms with Crippen molar-refractivity contribution in [2.75, 3.05) is 0 Å². The highest BCUT2D eigenvalue weighted by molar-refractivity contribution is 9.10. The number of rotatable bonds is 6. The Labute approximate surface area is 171 Å². The van der Waals surface area contributed by atoms with Gasteiger partial charge in [0, 0.05) is 9.50 Å². The molecule has 3 aromatic carbocycles. The summed E-state index contributed by atoms with van der Waals surface area (Å²) >= 11 is 9.28. The summed E-state index contributed by atoms with van der Waals surface area (Å²) in [4.78, 5) is 12.4. The topological polar surface area (TPSA) is 50.7 Å². The summed E-state index contributed by atoms with van der Waals surface area (Å²) in [5.41, 5.74) is 4.78. The molecule has 1 N–H and O–H groups in total. The van der Waals surface area contributed by atoms with Gasteiger partial charge in [0.15, 0.2) is 0 Å². The van der Waals surface area contributed by atoms with Crippen molar-refractivity contribution < 1.29 is 9.53 Å². The Morgan fingerprint density at radius 1 is 1.07 bits per heavy atom. The van der Waals surface area contributed by atoms with Crippen LogP contribution in [0.5, 0.6) is 5.75 Å². The number of hydrogen-bond acceptors (Lipinski definition) is 3. The van der Waals surface area contributed by atoms with E-state index in [1.807, 2.05) is 42.5 Å². The minimum absolute atomic E-state index is 0.336. The van der Waals surface area contributed by atoms with Gasteiger partial charge in [-0.15, -0.1) is 0 Å². The Bertz CT molecular complexity index is 958. The number of benzene rings is 3. The van der Waals surface area contributed by atoms with Gasteiger partial charge in [0.1, 0.15) is 12.4 Å². The lowest BCUT2D eigenvalue weighted by atomic mass is 10.2. The number of amides is 1. The minimum atomic E-state index is -0.340. The minimum Gasteiger partial charge on any atom is -0.488 e. The van der Waals surface area contributed by atoms with Crippen LogP contribution in [0.3, 0.4) is 0 Å². The fourth-order valence-electron chi connectivity index (χ4n) is 2.33. The van der Waals surface area contributed by atoms with E-state index in [-0.39, 0.29) is 5.91 Å². The predicted molar refractivity (Wildman–Crippen MR) is 111 cm³/mol. The molecule has 0 saturated carbocycles. The molecule has 1 amide bonds. The fourth-order valence-corrected chi connectivity index (χ4v) is 2.88. The quantitative estimate of drug-likeness (QED) is 0.407. The normalized spacial score (nSPS) is 10.7. The van der Waals surface area contributed by atoms with E-state index >= 15 is 0 Å². The number of carbonyl (C=O) groups is 1. The second kappa shape index (κ2) is 9.35. The fraction of sp³-hybridized carbons (Fsp3) is 0.0476. The van der Waals surface area contributed by atoms with Crippen molar-refractivity contribution in [3.63, 3.8) is 0 Å². The molecule has 0 atom stereocenters. The number of carbonyl (C=O) groups excluding carboxylic acids is 1. The molecule has 6 heteroatoms. The van der Waals surface area contributed by atoms with Crippen molar-refractivity contribution in [3.05, 3.63) is 99.0 Å². The second-order valence-corrected chi connectivity index (χ2v) is 7.02. The summed E-state index contributed by atoms with van der Waals surface area (Å²) in [5.74, 6) is 0.149. The molecular weight excluding hydrogens is 428 g/mol. The van der Waals surface area contributed by atoms with E-state index in [4.69, 9.17) is 16.3 Å². The molecule has 4 nitrogen and oxygen atoms in total. The van der Waals surface area contributed by atoms with Crippen LogP contribution in [0.2, 0.25) is 5.02 Å². The van der Waals surface area contributed by atoms with E-state index in [1.165, 1.54) is 0 Å². The zero-order chi connectivity index (χ0) is 19.1. The number of halogens is 2. The Hall–Kier alpha value is -2.63. The van der Waals surface area contributed by atoms with E-state index in [0.29, 0.717) is 22.9 Å². The van der Waals surface area contributed by atoms with Gasteiger partial charge in [0.05, 0.1) is 11.8 Å². The van der Waals surface area contributed by atoms with Crippen molar-refractivity contribution in [2.45, 2.75) is 6.61 Å². The van der Waals surface area contributed by atoms with Crippen molar-refractivity contribution in [1.29, 1.82) is 0 Å². The Kier molecular flexibility index (Phi) is 6.63. The molecule has 3 rings (SSSR count).